The molecule has 2 aliphatic carbocycles. The Morgan fingerprint density at radius 1 is 1.32 bits per heavy atom. The van der Waals surface area contributed by atoms with Gasteiger partial charge in [0.25, 0.3) is 0 Å². The number of likely N-dealkylation sites (N-methyl/N-ethyl adjacent to an activating group) is 1. The minimum Gasteiger partial charge on any atom is -0.319 e. The summed E-state index contributed by atoms with van der Waals surface area (Å²) in [7, 11) is 2.05. The predicted molar refractivity (Wildman–Crippen MR) is 81.7 cm³/mol. The van der Waals surface area contributed by atoms with E-state index in [1.54, 1.807) is 0 Å². The van der Waals surface area contributed by atoms with Gasteiger partial charge in [0.1, 0.15) is 0 Å². The molecule has 4 unspecified atom stereocenters. The van der Waals surface area contributed by atoms with Gasteiger partial charge in [-0.1, -0.05) is 30.2 Å². The van der Waals surface area contributed by atoms with E-state index in [-0.39, 0.29) is 0 Å². The molecule has 0 aromatic heterocycles. The molecule has 2 bridgehead atoms. The number of fused-ring (bicyclic) bond motifs is 2. The molecule has 0 heterocycles. The van der Waals surface area contributed by atoms with E-state index < -0.39 is 0 Å². The van der Waals surface area contributed by atoms with Crippen molar-refractivity contribution in [2.24, 2.45) is 17.8 Å². The highest BCUT2D eigenvalue weighted by molar-refractivity contribution is 6.30. The van der Waals surface area contributed by atoms with Gasteiger partial charge in [-0.2, -0.15) is 0 Å². The number of halogens is 1. The minimum absolute atomic E-state index is 0.619. The van der Waals surface area contributed by atoms with Gasteiger partial charge in [-0.05, 0) is 74.1 Å². The van der Waals surface area contributed by atoms with Gasteiger partial charge >= 0.3 is 0 Å². The van der Waals surface area contributed by atoms with E-state index in [2.05, 4.69) is 30.6 Å². The zero-order chi connectivity index (χ0) is 13.2. The van der Waals surface area contributed by atoms with Gasteiger partial charge in [0, 0.05) is 11.6 Å². The van der Waals surface area contributed by atoms with Crippen molar-refractivity contribution in [1.82, 2.24) is 5.32 Å². The smallest absolute Gasteiger partial charge is 0.0408 e. The Hall–Kier alpha value is -0.530. The van der Waals surface area contributed by atoms with Crippen LogP contribution in [0, 0.1) is 17.8 Å². The van der Waals surface area contributed by atoms with Crippen LogP contribution in [0.15, 0.2) is 24.3 Å². The largest absolute Gasteiger partial charge is 0.319 e. The maximum atomic E-state index is 6.15. The van der Waals surface area contributed by atoms with Crippen LogP contribution >= 0.6 is 11.6 Å². The van der Waals surface area contributed by atoms with Gasteiger partial charge in [-0.15, -0.1) is 0 Å². The van der Waals surface area contributed by atoms with E-state index >= 15 is 0 Å². The molecule has 3 rings (SSSR count). The Bertz CT molecular complexity index is 431. The van der Waals surface area contributed by atoms with Crippen LogP contribution < -0.4 is 5.32 Å². The summed E-state index contributed by atoms with van der Waals surface area (Å²) in [5, 5.41) is 4.23. The highest BCUT2D eigenvalue weighted by Crippen LogP contribution is 2.51. The second-order valence-corrected chi connectivity index (χ2v) is 6.92. The molecule has 1 N–H and O–H groups in total. The molecule has 2 saturated carbocycles. The lowest BCUT2D eigenvalue weighted by molar-refractivity contribution is 0.293. The SMILES string of the molecule is CNCC(CC1CC2CCC1C2)c1cccc(Cl)c1. The third-order valence-electron chi connectivity index (χ3n) is 5.24. The van der Waals surface area contributed by atoms with E-state index in [1.807, 2.05) is 6.07 Å². The van der Waals surface area contributed by atoms with Crippen molar-refractivity contribution >= 4 is 11.6 Å². The Morgan fingerprint density at radius 2 is 2.21 bits per heavy atom. The molecule has 0 amide bonds. The molecule has 0 radical (unpaired) electrons. The zero-order valence-corrected chi connectivity index (χ0v) is 12.5. The fourth-order valence-electron chi connectivity index (χ4n) is 4.37. The Morgan fingerprint density at radius 3 is 2.84 bits per heavy atom. The maximum absolute atomic E-state index is 6.15. The average Bonchev–Trinajstić information content (AvgIpc) is 3.00. The van der Waals surface area contributed by atoms with Gasteiger partial charge in [-0.25, -0.2) is 0 Å². The number of benzene rings is 1. The lowest BCUT2D eigenvalue weighted by Gasteiger charge is -2.27. The van der Waals surface area contributed by atoms with Gasteiger partial charge in [-0.3, -0.25) is 0 Å². The van der Waals surface area contributed by atoms with E-state index in [0.717, 1.165) is 29.3 Å². The van der Waals surface area contributed by atoms with Crippen molar-refractivity contribution in [2.45, 2.75) is 38.0 Å². The molecular formula is C17H24ClN. The Kier molecular flexibility index (Phi) is 4.14. The fraction of sp³-hybridized carbons (Fsp3) is 0.647. The second-order valence-electron chi connectivity index (χ2n) is 6.48. The van der Waals surface area contributed by atoms with Gasteiger partial charge in [0.2, 0.25) is 0 Å². The van der Waals surface area contributed by atoms with Gasteiger partial charge in [0.15, 0.2) is 0 Å². The molecule has 0 spiro atoms. The van der Waals surface area contributed by atoms with E-state index in [1.165, 1.54) is 37.7 Å². The molecule has 104 valence electrons. The quantitative estimate of drug-likeness (QED) is 0.837. The predicted octanol–water partition coefficient (Wildman–Crippen LogP) is 4.47. The lowest BCUT2D eigenvalue weighted by atomic mass is 9.80. The minimum atomic E-state index is 0.619. The van der Waals surface area contributed by atoms with E-state index in [4.69, 9.17) is 11.6 Å². The zero-order valence-electron chi connectivity index (χ0n) is 11.7. The number of rotatable bonds is 5. The second kappa shape index (κ2) is 5.85. The summed E-state index contributed by atoms with van der Waals surface area (Å²) in [4.78, 5) is 0. The first-order valence-corrected chi connectivity index (χ1v) is 8.04. The van der Waals surface area contributed by atoms with Crippen LogP contribution in [0.25, 0.3) is 0 Å². The third kappa shape index (κ3) is 2.98. The average molecular weight is 278 g/mol. The third-order valence-corrected chi connectivity index (χ3v) is 5.48. The summed E-state index contributed by atoms with van der Waals surface area (Å²) in [6.45, 7) is 1.06. The van der Waals surface area contributed by atoms with Crippen LogP contribution in [0.1, 0.15) is 43.6 Å². The molecule has 0 saturated heterocycles. The van der Waals surface area contributed by atoms with Crippen LogP contribution in [0.2, 0.25) is 5.02 Å². The monoisotopic (exact) mass is 277 g/mol. The molecule has 1 aromatic rings. The van der Waals surface area contributed by atoms with Crippen LogP contribution in [0.4, 0.5) is 0 Å². The van der Waals surface area contributed by atoms with Crippen molar-refractivity contribution in [3.8, 4) is 0 Å². The molecule has 2 aliphatic rings. The Labute approximate surface area is 121 Å². The normalized spacial score (nSPS) is 30.7. The molecule has 1 aromatic carbocycles. The molecule has 1 nitrogen and oxygen atoms in total. The summed E-state index contributed by atoms with van der Waals surface area (Å²) < 4.78 is 0. The molecule has 4 atom stereocenters. The Balaban J connectivity index is 1.70. The summed E-state index contributed by atoms with van der Waals surface area (Å²) in [6, 6.07) is 8.44. The number of nitrogens with one attached hydrogen (secondary N) is 1. The van der Waals surface area contributed by atoms with Crippen molar-refractivity contribution in [3.63, 3.8) is 0 Å². The number of hydrogen-bond acceptors (Lipinski definition) is 1. The first-order chi connectivity index (χ1) is 9.26. The molecule has 2 heteroatoms. The van der Waals surface area contributed by atoms with Crippen molar-refractivity contribution in [1.29, 1.82) is 0 Å². The molecule has 19 heavy (non-hydrogen) atoms. The number of hydrogen-bond donors (Lipinski definition) is 1. The van der Waals surface area contributed by atoms with Crippen LogP contribution in [-0.2, 0) is 0 Å². The highest BCUT2D eigenvalue weighted by Gasteiger charge is 2.40. The van der Waals surface area contributed by atoms with Crippen LogP contribution in [0.5, 0.6) is 0 Å². The van der Waals surface area contributed by atoms with Crippen molar-refractivity contribution < 1.29 is 0 Å². The first kappa shape index (κ1) is 13.5. The first-order valence-electron chi connectivity index (χ1n) is 7.66. The highest BCUT2D eigenvalue weighted by atomic mass is 35.5. The van der Waals surface area contributed by atoms with Crippen LogP contribution in [0.3, 0.4) is 0 Å². The molecule has 0 aliphatic heterocycles. The van der Waals surface area contributed by atoms with Crippen molar-refractivity contribution in [2.75, 3.05) is 13.6 Å². The van der Waals surface area contributed by atoms with Gasteiger partial charge in [0.05, 0.1) is 0 Å². The summed E-state index contributed by atoms with van der Waals surface area (Å²) in [6.07, 6.45) is 7.30. The lowest BCUT2D eigenvalue weighted by Crippen LogP contribution is -2.22. The van der Waals surface area contributed by atoms with Crippen molar-refractivity contribution in [3.05, 3.63) is 34.9 Å². The van der Waals surface area contributed by atoms with E-state index in [9.17, 15) is 0 Å². The summed E-state index contributed by atoms with van der Waals surface area (Å²) in [5.74, 6) is 3.64. The standard InChI is InChI=1S/C17H24ClN/c1-19-11-16(13-3-2-4-17(18)10-13)9-15-8-12-5-6-14(15)7-12/h2-4,10,12,14-16,19H,5-9,11H2,1H3. The summed E-state index contributed by atoms with van der Waals surface area (Å²) in [5.41, 5.74) is 1.41. The molecule has 2 fully saturated rings. The fourth-order valence-corrected chi connectivity index (χ4v) is 4.57. The van der Waals surface area contributed by atoms with Gasteiger partial charge < -0.3 is 5.32 Å². The topological polar surface area (TPSA) is 12.0 Å². The van der Waals surface area contributed by atoms with Crippen LogP contribution in [-0.4, -0.2) is 13.6 Å². The van der Waals surface area contributed by atoms with E-state index in [0.29, 0.717) is 5.92 Å². The maximum Gasteiger partial charge on any atom is 0.0408 e. The molecular weight excluding hydrogens is 254 g/mol. The summed E-state index contributed by atoms with van der Waals surface area (Å²) >= 11 is 6.15.